The number of halogens is 1. The summed E-state index contributed by atoms with van der Waals surface area (Å²) < 4.78 is 0. The van der Waals surface area contributed by atoms with Crippen molar-refractivity contribution in [3.63, 3.8) is 0 Å². The fraction of sp³-hybridized carbons (Fsp3) is 0.462. The lowest BCUT2D eigenvalue weighted by atomic mass is 10.2. The lowest BCUT2D eigenvalue weighted by molar-refractivity contribution is -0.128. The van der Waals surface area contributed by atoms with Gasteiger partial charge in [0, 0.05) is 24.5 Å². The minimum Gasteiger partial charge on any atom is -0.341 e. The molecule has 1 aromatic rings. The van der Waals surface area contributed by atoms with Gasteiger partial charge in [0.1, 0.15) is 0 Å². The van der Waals surface area contributed by atoms with Crippen LogP contribution in [0.5, 0.6) is 0 Å². The maximum absolute atomic E-state index is 12.0. The molecular formula is C13H17ClN2OS. The molecule has 0 saturated carbocycles. The Morgan fingerprint density at radius 1 is 1.56 bits per heavy atom. The van der Waals surface area contributed by atoms with Gasteiger partial charge in [0.25, 0.3) is 0 Å². The van der Waals surface area contributed by atoms with E-state index in [-0.39, 0.29) is 5.91 Å². The second-order valence-electron chi connectivity index (χ2n) is 4.37. The Balaban J connectivity index is 1.86. The molecule has 1 heterocycles. The number of benzene rings is 1. The molecule has 1 amide bonds. The maximum Gasteiger partial charge on any atom is 0.232 e. The third-order valence-corrected chi connectivity index (χ3v) is 4.66. The minimum absolute atomic E-state index is 0.161. The first kappa shape index (κ1) is 13.7. The van der Waals surface area contributed by atoms with Gasteiger partial charge in [0.15, 0.2) is 0 Å². The Hall–Kier alpha value is -0.710. The average molecular weight is 285 g/mol. The topological polar surface area (TPSA) is 32.3 Å². The molecule has 0 aromatic heterocycles. The number of amides is 1. The summed E-state index contributed by atoms with van der Waals surface area (Å²) in [6.45, 7) is 1.90. The number of hydrogen-bond acceptors (Lipinski definition) is 3. The molecule has 0 bridgehead atoms. The van der Waals surface area contributed by atoms with Gasteiger partial charge in [-0.1, -0.05) is 23.7 Å². The molecule has 1 N–H and O–H groups in total. The summed E-state index contributed by atoms with van der Waals surface area (Å²) in [7, 11) is 1.88. The molecule has 1 aromatic carbocycles. The van der Waals surface area contributed by atoms with Crippen LogP contribution < -0.4 is 5.32 Å². The van der Waals surface area contributed by atoms with E-state index < -0.39 is 0 Å². The van der Waals surface area contributed by atoms with E-state index in [0.29, 0.717) is 16.8 Å². The van der Waals surface area contributed by atoms with Crippen molar-refractivity contribution in [2.45, 2.75) is 17.4 Å². The van der Waals surface area contributed by atoms with Gasteiger partial charge >= 0.3 is 0 Å². The highest BCUT2D eigenvalue weighted by Gasteiger charge is 2.22. The van der Waals surface area contributed by atoms with Crippen LogP contribution in [0, 0.1) is 0 Å². The quantitative estimate of drug-likeness (QED) is 0.861. The van der Waals surface area contributed by atoms with Gasteiger partial charge in [-0.2, -0.15) is 0 Å². The molecule has 18 heavy (non-hydrogen) atoms. The molecule has 0 aliphatic carbocycles. The van der Waals surface area contributed by atoms with E-state index in [1.54, 1.807) is 0 Å². The van der Waals surface area contributed by atoms with E-state index in [0.717, 1.165) is 24.4 Å². The number of carbonyl (C=O) groups is 1. The number of nitrogens with one attached hydrogen (secondary N) is 1. The predicted octanol–water partition coefficient (Wildman–Crippen LogP) is 2.25. The SMILES string of the molecule is CN(C(=O)CSc1ccccc1Cl)C1CCNC1. The van der Waals surface area contributed by atoms with Gasteiger partial charge in [0.2, 0.25) is 5.91 Å². The van der Waals surface area contributed by atoms with Crippen molar-refractivity contribution in [3.8, 4) is 0 Å². The van der Waals surface area contributed by atoms with Crippen molar-refractivity contribution in [2.75, 3.05) is 25.9 Å². The zero-order chi connectivity index (χ0) is 13.0. The lowest BCUT2D eigenvalue weighted by Crippen LogP contribution is -2.39. The molecule has 1 atom stereocenters. The second-order valence-corrected chi connectivity index (χ2v) is 5.79. The lowest BCUT2D eigenvalue weighted by Gasteiger charge is -2.23. The van der Waals surface area contributed by atoms with E-state index in [1.807, 2.05) is 36.2 Å². The third kappa shape index (κ3) is 3.40. The van der Waals surface area contributed by atoms with Crippen LogP contribution in [0.3, 0.4) is 0 Å². The smallest absolute Gasteiger partial charge is 0.232 e. The molecule has 1 unspecified atom stereocenters. The number of likely N-dealkylation sites (N-methyl/N-ethyl adjacent to an activating group) is 1. The highest BCUT2D eigenvalue weighted by atomic mass is 35.5. The van der Waals surface area contributed by atoms with Crippen LogP contribution in [-0.2, 0) is 4.79 Å². The summed E-state index contributed by atoms with van der Waals surface area (Å²) >= 11 is 7.56. The van der Waals surface area contributed by atoms with Crippen molar-refractivity contribution in [2.24, 2.45) is 0 Å². The molecule has 1 fully saturated rings. The summed E-state index contributed by atoms with van der Waals surface area (Å²) in [5.74, 6) is 0.602. The van der Waals surface area contributed by atoms with E-state index >= 15 is 0 Å². The largest absolute Gasteiger partial charge is 0.341 e. The third-order valence-electron chi connectivity index (χ3n) is 3.16. The number of hydrogen-bond donors (Lipinski definition) is 1. The number of nitrogens with zero attached hydrogens (tertiary/aromatic N) is 1. The van der Waals surface area contributed by atoms with Gasteiger partial charge < -0.3 is 10.2 Å². The van der Waals surface area contributed by atoms with E-state index in [9.17, 15) is 4.79 Å². The standard InChI is InChI=1S/C13H17ClN2OS/c1-16(10-6-7-15-8-10)13(17)9-18-12-5-3-2-4-11(12)14/h2-5,10,15H,6-9H2,1H3. The predicted molar refractivity (Wildman–Crippen MR) is 76.2 cm³/mol. The van der Waals surface area contributed by atoms with Crippen molar-refractivity contribution in [1.29, 1.82) is 0 Å². The fourth-order valence-corrected chi connectivity index (χ4v) is 3.14. The van der Waals surface area contributed by atoms with Crippen LogP contribution in [0.25, 0.3) is 0 Å². The summed E-state index contributed by atoms with van der Waals surface area (Å²) in [6, 6.07) is 7.95. The zero-order valence-corrected chi connectivity index (χ0v) is 11.9. The van der Waals surface area contributed by atoms with E-state index in [1.165, 1.54) is 11.8 Å². The van der Waals surface area contributed by atoms with Gasteiger partial charge in [-0.25, -0.2) is 0 Å². The molecular weight excluding hydrogens is 268 g/mol. The highest BCUT2D eigenvalue weighted by Crippen LogP contribution is 2.26. The van der Waals surface area contributed by atoms with E-state index in [2.05, 4.69) is 5.32 Å². The maximum atomic E-state index is 12.0. The number of rotatable bonds is 4. The number of carbonyl (C=O) groups excluding carboxylic acids is 1. The van der Waals surface area contributed by atoms with Gasteiger partial charge in [-0.3, -0.25) is 4.79 Å². The molecule has 1 aliphatic rings. The Kier molecular flexibility index (Phi) is 4.92. The van der Waals surface area contributed by atoms with Crippen LogP contribution >= 0.6 is 23.4 Å². The van der Waals surface area contributed by atoms with E-state index in [4.69, 9.17) is 11.6 Å². The van der Waals surface area contributed by atoms with Crippen LogP contribution in [0.4, 0.5) is 0 Å². The molecule has 5 heteroatoms. The summed E-state index contributed by atoms with van der Waals surface area (Å²) in [5, 5.41) is 3.98. The molecule has 0 spiro atoms. The molecule has 1 aliphatic heterocycles. The average Bonchev–Trinajstić information content (AvgIpc) is 2.90. The Morgan fingerprint density at radius 3 is 3.00 bits per heavy atom. The van der Waals surface area contributed by atoms with Gasteiger partial charge in [-0.15, -0.1) is 11.8 Å². The molecule has 3 nitrogen and oxygen atoms in total. The summed E-state index contributed by atoms with van der Waals surface area (Å²) in [4.78, 5) is 14.9. The van der Waals surface area contributed by atoms with Crippen molar-refractivity contribution in [3.05, 3.63) is 29.3 Å². The molecule has 0 radical (unpaired) electrons. The molecule has 98 valence electrons. The van der Waals surface area contributed by atoms with Crippen LogP contribution in [0.1, 0.15) is 6.42 Å². The zero-order valence-electron chi connectivity index (χ0n) is 10.4. The Morgan fingerprint density at radius 2 is 2.33 bits per heavy atom. The number of thioether (sulfide) groups is 1. The normalized spacial score (nSPS) is 18.9. The second kappa shape index (κ2) is 6.45. The first-order chi connectivity index (χ1) is 8.68. The van der Waals surface area contributed by atoms with Crippen molar-refractivity contribution in [1.82, 2.24) is 10.2 Å². The van der Waals surface area contributed by atoms with Crippen molar-refractivity contribution >= 4 is 29.3 Å². The van der Waals surface area contributed by atoms with Gasteiger partial charge in [0.05, 0.1) is 10.8 Å². The Labute approximate surface area is 117 Å². The van der Waals surface area contributed by atoms with Crippen molar-refractivity contribution < 1.29 is 4.79 Å². The van der Waals surface area contributed by atoms with Crippen LogP contribution in [0.2, 0.25) is 5.02 Å². The monoisotopic (exact) mass is 284 g/mol. The summed E-state index contributed by atoms with van der Waals surface area (Å²) in [6.07, 6.45) is 1.04. The van der Waals surface area contributed by atoms with Crippen LogP contribution in [0.15, 0.2) is 29.2 Å². The molecule has 2 rings (SSSR count). The van der Waals surface area contributed by atoms with Crippen LogP contribution in [-0.4, -0.2) is 42.7 Å². The highest BCUT2D eigenvalue weighted by molar-refractivity contribution is 8.00. The molecule has 1 saturated heterocycles. The minimum atomic E-state index is 0.161. The first-order valence-corrected chi connectivity index (χ1v) is 7.38. The Bertz CT molecular complexity index is 421. The van der Waals surface area contributed by atoms with Gasteiger partial charge in [-0.05, 0) is 25.1 Å². The first-order valence-electron chi connectivity index (χ1n) is 6.02. The summed E-state index contributed by atoms with van der Waals surface area (Å²) in [5.41, 5.74) is 0. The fourth-order valence-electron chi connectivity index (χ4n) is 1.98.